The van der Waals surface area contributed by atoms with E-state index in [2.05, 4.69) is 32.6 Å². The Morgan fingerprint density at radius 2 is 2.05 bits per heavy atom. The van der Waals surface area contributed by atoms with Crippen LogP contribution >= 0.6 is 22.6 Å². The minimum Gasteiger partial charge on any atom is -0.505 e. The number of phenolic OH excluding ortho intramolecular Hbond substituents is 1. The van der Waals surface area contributed by atoms with E-state index in [0.29, 0.717) is 23.1 Å². The number of hydrogen-bond acceptors (Lipinski definition) is 4. The van der Waals surface area contributed by atoms with Gasteiger partial charge in [-0.3, -0.25) is 0 Å². The van der Waals surface area contributed by atoms with Crippen molar-refractivity contribution in [3.8, 4) is 17.1 Å². The van der Waals surface area contributed by atoms with Gasteiger partial charge < -0.3 is 10.8 Å². The summed E-state index contributed by atoms with van der Waals surface area (Å²) in [4.78, 5) is 8.68. The number of phenols is 1. The van der Waals surface area contributed by atoms with Crippen molar-refractivity contribution in [2.45, 2.75) is 18.8 Å². The van der Waals surface area contributed by atoms with Crippen molar-refractivity contribution < 1.29 is 9.50 Å². The summed E-state index contributed by atoms with van der Waals surface area (Å²) in [6.07, 6.45) is 2.21. The zero-order chi connectivity index (χ0) is 13.6. The minimum absolute atomic E-state index is 0.385. The molecule has 1 saturated carbocycles. The molecule has 0 radical (unpaired) electrons. The Balaban J connectivity index is 2.11. The van der Waals surface area contributed by atoms with Crippen molar-refractivity contribution in [3.63, 3.8) is 0 Å². The van der Waals surface area contributed by atoms with Gasteiger partial charge in [0, 0.05) is 11.5 Å². The molecule has 0 atom stereocenters. The van der Waals surface area contributed by atoms with Crippen LogP contribution in [0.15, 0.2) is 18.2 Å². The first-order valence-corrected chi connectivity index (χ1v) is 6.96. The van der Waals surface area contributed by atoms with Crippen LogP contribution in [0.25, 0.3) is 11.4 Å². The molecule has 3 rings (SSSR count). The topological polar surface area (TPSA) is 72.0 Å². The Bertz CT molecular complexity index is 659. The number of anilines is 1. The van der Waals surface area contributed by atoms with Crippen molar-refractivity contribution in [1.82, 2.24) is 9.97 Å². The molecule has 1 aliphatic carbocycles. The molecular weight excluding hydrogens is 360 g/mol. The van der Waals surface area contributed by atoms with Gasteiger partial charge in [0.15, 0.2) is 17.4 Å². The highest BCUT2D eigenvalue weighted by molar-refractivity contribution is 14.1. The average molecular weight is 371 g/mol. The molecule has 0 saturated heterocycles. The summed E-state index contributed by atoms with van der Waals surface area (Å²) in [7, 11) is 0. The van der Waals surface area contributed by atoms with E-state index in [4.69, 9.17) is 5.73 Å². The first-order chi connectivity index (χ1) is 9.06. The molecule has 19 heavy (non-hydrogen) atoms. The average Bonchev–Trinajstić information content (AvgIpc) is 3.20. The number of rotatable bonds is 2. The molecule has 6 heteroatoms. The Morgan fingerprint density at radius 3 is 2.68 bits per heavy atom. The normalized spacial score (nSPS) is 14.6. The maximum Gasteiger partial charge on any atom is 0.165 e. The van der Waals surface area contributed by atoms with Gasteiger partial charge >= 0.3 is 0 Å². The van der Waals surface area contributed by atoms with Gasteiger partial charge in [-0.2, -0.15) is 0 Å². The molecule has 4 nitrogen and oxygen atoms in total. The molecule has 2 aromatic rings. The molecule has 0 amide bonds. The predicted octanol–water partition coefficient (Wildman–Crippen LogP) is 3.05. The van der Waals surface area contributed by atoms with Gasteiger partial charge in [0.1, 0.15) is 5.82 Å². The van der Waals surface area contributed by atoms with Crippen LogP contribution in [0.3, 0.4) is 0 Å². The number of aromatic nitrogens is 2. The number of halogens is 2. The van der Waals surface area contributed by atoms with Crippen molar-refractivity contribution in [2.24, 2.45) is 0 Å². The molecule has 0 spiro atoms. The molecule has 1 aromatic heterocycles. The number of hydrogen-bond donors (Lipinski definition) is 2. The number of nitrogens with two attached hydrogens (primary N) is 1. The molecular formula is C13H11FIN3O. The number of nitrogen functional groups attached to an aromatic ring is 1. The Kier molecular flexibility index (Phi) is 3.04. The smallest absolute Gasteiger partial charge is 0.165 e. The van der Waals surface area contributed by atoms with Crippen LogP contribution in [0.1, 0.15) is 24.5 Å². The molecule has 1 fully saturated rings. The first kappa shape index (κ1) is 12.6. The summed E-state index contributed by atoms with van der Waals surface area (Å²) in [5, 5.41) is 9.20. The maximum atomic E-state index is 13.4. The van der Waals surface area contributed by atoms with E-state index in [1.54, 1.807) is 6.07 Å². The van der Waals surface area contributed by atoms with Crippen LogP contribution < -0.4 is 5.73 Å². The number of nitrogens with zero attached hydrogens (tertiary/aromatic N) is 2. The Labute approximate surface area is 123 Å². The summed E-state index contributed by atoms with van der Waals surface area (Å²) in [6, 6.07) is 4.09. The van der Waals surface area contributed by atoms with Crippen LogP contribution in [0.2, 0.25) is 0 Å². The van der Waals surface area contributed by atoms with E-state index in [-0.39, 0.29) is 5.75 Å². The highest BCUT2D eigenvalue weighted by Crippen LogP contribution is 2.42. The van der Waals surface area contributed by atoms with E-state index in [1.165, 1.54) is 12.1 Å². The van der Waals surface area contributed by atoms with Crippen molar-refractivity contribution >= 4 is 28.4 Å². The van der Waals surface area contributed by atoms with Gasteiger partial charge in [0.05, 0.1) is 9.26 Å². The summed E-state index contributed by atoms with van der Waals surface area (Å²) in [5.74, 6) is 0.188. The first-order valence-electron chi connectivity index (χ1n) is 5.88. The van der Waals surface area contributed by atoms with Crippen LogP contribution in [0.4, 0.5) is 10.2 Å². The van der Waals surface area contributed by atoms with Gasteiger partial charge in [0.2, 0.25) is 0 Å². The van der Waals surface area contributed by atoms with Gasteiger partial charge in [-0.1, -0.05) is 0 Å². The fourth-order valence-electron chi connectivity index (χ4n) is 1.88. The molecule has 1 aromatic carbocycles. The zero-order valence-corrected chi connectivity index (χ0v) is 12.1. The number of benzene rings is 1. The minimum atomic E-state index is -0.689. The molecule has 0 unspecified atom stereocenters. The molecule has 1 heterocycles. The van der Waals surface area contributed by atoms with Crippen LogP contribution in [0.5, 0.6) is 5.75 Å². The summed E-state index contributed by atoms with van der Waals surface area (Å²) >= 11 is 2.14. The van der Waals surface area contributed by atoms with Crippen molar-refractivity contribution in [2.75, 3.05) is 5.73 Å². The van der Waals surface area contributed by atoms with E-state index in [1.807, 2.05) is 0 Å². The lowest BCUT2D eigenvalue weighted by Gasteiger charge is -2.08. The van der Waals surface area contributed by atoms with E-state index in [0.717, 1.165) is 22.1 Å². The third-order valence-electron chi connectivity index (χ3n) is 3.07. The van der Waals surface area contributed by atoms with Crippen LogP contribution in [-0.4, -0.2) is 15.1 Å². The SMILES string of the molecule is Nc1nc(-c2ccc(O)c(F)c2)nc(C2CC2)c1I. The summed E-state index contributed by atoms with van der Waals surface area (Å²) < 4.78 is 14.3. The summed E-state index contributed by atoms with van der Waals surface area (Å²) in [6.45, 7) is 0. The zero-order valence-electron chi connectivity index (χ0n) is 9.90. The lowest BCUT2D eigenvalue weighted by molar-refractivity contribution is 0.432. The van der Waals surface area contributed by atoms with Gasteiger partial charge in [0.25, 0.3) is 0 Å². The number of aromatic hydroxyl groups is 1. The molecule has 0 bridgehead atoms. The van der Waals surface area contributed by atoms with Crippen molar-refractivity contribution in [1.29, 1.82) is 0 Å². The third kappa shape index (κ3) is 2.36. The second-order valence-electron chi connectivity index (χ2n) is 4.57. The molecule has 0 aliphatic heterocycles. The fourth-order valence-corrected chi connectivity index (χ4v) is 2.57. The Morgan fingerprint density at radius 1 is 1.32 bits per heavy atom. The molecule has 1 aliphatic rings. The lowest BCUT2D eigenvalue weighted by Crippen LogP contribution is -2.04. The monoisotopic (exact) mass is 371 g/mol. The van der Waals surface area contributed by atoms with E-state index in [9.17, 15) is 9.50 Å². The van der Waals surface area contributed by atoms with Gasteiger partial charge in [-0.05, 0) is 53.6 Å². The quantitative estimate of drug-likeness (QED) is 0.797. The second-order valence-corrected chi connectivity index (χ2v) is 5.65. The van der Waals surface area contributed by atoms with E-state index < -0.39 is 5.82 Å². The third-order valence-corrected chi connectivity index (χ3v) is 4.18. The van der Waals surface area contributed by atoms with Crippen LogP contribution in [0, 0.1) is 9.39 Å². The standard InChI is InChI=1S/C13H11FIN3O/c14-8-5-7(3-4-9(8)19)13-17-11(6-1-2-6)10(15)12(16)18-13/h3-6,19H,1-2H2,(H2,16,17,18). The van der Waals surface area contributed by atoms with Crippen LogP contribution in [-0.2, 0) is 0 Å². The highest BCUT2D eigenvalue weighted by atomic mass is 127. The van der Waals surface area contributed by atoms with E-state index >= 15 is 0 Å². The summed E-state index contributed by atoms with van der Waals surface area (Å²) in [5.41, 5.74) is 7.35. The second kappa shape index (κ2) is 4.59. The molecule has 3 N–H and O–H groups in total. The largest absolute Gasteiger partial charge is 0.505 e. The highest BCUT2D eigenvalue weighted by Gasteiger charge is 2.29. The fraction of sp³-hybridized carbons (Fsp3) is 0.231. The maximum absolute atomic E-state index is 13.4. The lowest BCUT2D eigenvalue weighted by atomic mass is 10.2. The Hall–Kier alpha value is -1.44. The van der Waals surface area contributed by atoms with Gasteiger partial charge in [-0.25, -0.2) is 14.4 Å². The molecule has 98 valence electrons. The predicted molar refractivity (Wildman–Crippen MR) is 78.2 cm³/mol. The van der Waals surface area contributed by atoms with Gasteiger partial charge in [-0.15, -0.1) is 0 Å². The van der Waals surface area contributed by atoms with Crippen molar-refractivity contribution in [3.05, 3.63) is 33.3 Å².